The van der Waals surface area contributed by atoms with Gasteiger partial charge in [0.1, 0.15) is 6.54 Å². The normalized spacial score (nSPS) is 14.8. The number of carbonyl (C=O) groups excluding carboxylic acids is 2. The molecular formula is C24H26F3N5O6. The van der Waals surface area contributed by atoms with E-state index in [1.165, 1.54) is 4.90 Å². The summed E-state index contributed by atoms with van der Waals surface area (Å²) in [5.74, 6) is -4.48. The molecule has 0 radical (unpaired) electrons. The minimum Gasteiger partial charge on any atom is -0.481 e. The Morgan fingerprint density at radius 2 is 1.66 bits per heavy atom. The largest absolute Gasteiger partial charge is 0.490 e. The summed E-state index contributed by atoms with van der Waals surface area (Å²) < 4.78 is 31.7. The average Bonchev–Trinajstić information content (AvgIpc) is 2.95. The zero-order chi connectivity index (χ0) is 28.5. The first kappa shape index (κ1) is 29.6. The molecule has 0 spiro atoms. The van der Waals surface area contributed by atoms with Gasteiger partial charge in [0.05, 0.1) is 12.1 Å². The second-order valence-electron chi connectivity index (χ2n) is 8.15. The number of benzene rings is 2. The number of nitrogens with two attached hydrogens (primary N) is 2. The molecule has 0 aliphatic carbocycles. The third kappa shape index (κ3) is 9.11. The molecule has 2 aromatic carbocycles. The van der Waals surface area contributed by atoms with E-state index in [9.17, 15) is 32.7 Å². The van der Waals surface area contributed by atoms with Crippen molar-refractivity contribution >= 4 is 41.1 Å². The van der Waals surface area contributed by atoms with Gasteiger partial charge in [0.15, 0.2) is 5.96 Å². The van der Waals surface area contributed by atoms with E-state index in [1.807, 2.05) is 12.1 Å². The number of carboxylic acids is 2. The number of rotatable bonds is 7. The van der Waals surface area contributed by atoms with Gasteiger partial charge < -0.3 is 31.9 Å². The molecule has 38 heavy (non-hydrogen) atoms. The van der Waals surface area contributed by atoms with E-state index >= 15 is 0 Å². The first-order valence-electron chi connectivity index (χ1n) is 11.1. The molecule has 0 aromatic heterocycles. The summed E-state index contributed by atoms with van der Waals surface area (Å²) in [6.07, 6.45) is -4.52. The van der Waals surface area contributed by atoms with E-state index < -0.39 is 18.1 Å². The number of halogens is 3. The van der Waals surface area contributed by atoms with Gasteiger partial charge in [-0.3, -0.25) is 14.4 Å². The van der Waals surface area contributed by atoms with Crippen molar-refractivity contribution in [1.29, 1.82) is 0 Å². The molecule has 14 heteroatoms. The summed E-state index contributed by atoms with van der Waals surface area (Å²) in [6, 6.07) is 14.2. The van der Waals surface area contributed by atoms with Crippen LogP contribution in [0.2, 0.25) is 0 Å². The number of nitrogens with zero attached hydrogens (tertiary/aromatic N) is 2. The molecule has 2 amide bonds. The SMILES string of the molecule is NC(N)=Nc1ccc(CNC(=O)CN2C(=O)CCC(CC(=O)O)c3ccccc32)cc1.O=C(O)C(F)(F)F. The Hall–Kier alpha value is -4.62. The highest BCUT2D eigenvalue weighted by atomic mass is 19.4. The van der Waals surface area contributed by atoms with Crippen molar-refractivity contribution in [2.75, 3.05) is 11.4 Å². The van der Waals surface area contributed by atoms with Crippen LogP contribution in [0.4, 0.5) is 24.5 Å². The maximum atomic E-state index is 12.7. The summed E-state index contributed by atoms with van der Waals surface area (Å²) >= 11 is 0. The van der Waals surface area contributed by atoms with Crippen LogP contribution < -0.4 is 21.7 Å². The van der Waals surface area contributed by atoms with E-state index in [-0.39, 0.29) is 49.6 Å². The van der Waals surface area contributed by atoms with Crippen molar-refractivity contribution in [1.82, 2.24) is 5.32 Å². The summed E-state index contributed by atoms with van der Waals surface area (Å²) in [5, 5.41) is 19.2. The van der Waals surface area contributed by atoms with Gasteiger partial charge in [0.2, 0.25) is 11.8 Å². The smallest absolute Gasteiger partial charge is 0.481 e. The quantitative estimate of drug-likeness (QED) is 0.262. The van der Waals surface area contributed by atoms with E-state index in [0.29, 0.717) is 17.8 Å². The summed E-state index contributed by atoms with van der Waals surface area (Å²) in [7, 11) is 0. The van der Waals surface area contributed by atoms with Crippen LogP contribution in [0.3, 0.4) is 0 Å². The van der Waals surface area contributed by atoms with Crippen LogP contribution in [0.1, 0.15) is 36.3 Å². The van der Waals surface area contributed by atoms with Crippen molar-refractivity contribution in [3.05, 3.63) is 59.7 Å². The fourth-order valence-electron chi connectivity index (χ4n) is 3.63. The molecule has 0 saturated heterocycles. The maximum absolute atomic E-state index is 12.7. The molecule has 1 aliphatic heterocycles. The number of carbonyl (C=O) groups is 4. The predicted molar refractivity (Wildman–Crippen MR) is 130 cm³/mol. The Kier molecular flexibility index (Phi) is 10.2. The number of carboxylic acid groups (broad SMARTS) is 2. The van der Waals surface area contributed by atoms with Crippen LogP contribution in [0.25, 0.3) is 0 Å². The Morgan fingerprint density at radius 1 is 1.05 bits per heavy atom. The van der Waals surface area contributed by atoms with Crippen LogP contribution in [-0.4, -0.2) is 52.6 Å². The first-order valence-corrected chi connectivity index (χ1v) is 11.1. The van der Waals surface area contributed by atoms with Crippen molar-refractivity contribution in [2.45, 2.75) is 37.9 Å². The number of aliphatic carboxylic acids is 2. The number of para-hydroxylation sites is 1. The molecule has 11 nitrogen and oxygen atoms in total. The average molecular weight is 537 g/mol. The van der Waals surface area contributed by atoms with E-state index in [1.54, 1.807) is 36.4 Å². The molecule has 0 saturated carbocycles. The highest BCUT2D eigenvalue weighted by Crippen LogP contribution is 2.36. The van der Waals surface area contributed by atoms with Crippen LogP contribution in [0.5, 0.6) is 0 Å². The van der Waals surface area contributed by atoms with Crippen molar-refractivity contribution in [3.63, 3.8) is 0 Å². The van der Waals surface area contributed by atoms with Crippen LogP contribution in [0, 0.1) is 0 Å². The van der Waals surface area contributed by atoms with E-state index in [4.69, 9.17) is 21.4 Å². The number of nitrogens with one attached hydrogen (secondary N) is 1. The van der Waals surface area contributed by atoms with Crippen molar-refractivity contribution in [3.8, 4) is 0 Å². The number of amides is 2. The predicted octanol–water partition coefficient (Wildman–Crippen LogP) is 2.23. The van der Waals surface area contributed by atoms with Gasteiger partial charge in [0, 0.05) is 18.7 Å². The van der Waals surface area contributed by atoms with E-state index in [0.717, 1.165) is 11.1 Å². The molecule has 0 bridgehead atoms. The molecule has 7 N–H and O–H groups in total. The fraction of sp³-hybridized carbons (Fsp3) is 0.292. The Labute approximate surface area is 214 Å². The molecule has 1 unspecified atom stereocenters. The lowest BCUT2D eigenvalue weighted by Crippen LogP contribution is -2.40. The second kappa shape index (κ2) is 13.1. The summed E-state index contributed by atoms with van der Waals surface area (Å²) in [6.45, 7) is 0.147. The fourth-order valence-corrected chi connectivity index (χ4v) is 3.63. The number of alkyl halides is 3. The maximum Gasteiger partial charge on any atom is 0.490 e. The van der Waals surface area contributed by atoms with Gasteiger partial charge in [-0.05, 0) is 41.7 Å². The van der Waals surface area contributed by atoms with Crippen LogP contribution >= 0.6 is 0 Å². The van der Waals surface area contributed by atoms with Crippen LogP contribution in [0.15, 0.2) is 53.5 Å². The molecular weight excluding hydrogens is 511 g/mol. The summed E-state index contributed by atoms with van der Waals surface area (Å²) in [4.78, 5) is 50.8. The highest BCUT2D eigenvalue weighted by Gasteiger charge is 2.38. The molecule has 1 aliphatic rings. The minimum atomic E-state index is -5.08. The van der Waals surface area contributed by atoms with Gasteiger partial charge in [-0.2, -0.15) is 13.2 Å². The zero-order valence-electron chi connectivity index (χ0n) is 19.9. The number of anilines is 1. The Morgan fingerprint density at radius 3 is 2.21 bits per heavy atom. The number of fused-ring (bicyclic) bond motifs is 1. The highest BCUT2D eigenvalue weighted by molar-refractivity contribution is 6.00. The monoisotopic (exact) mass is 537 g/mol. The first-order chi connectivity index (χ1) is 17.8. The van der Waals surface area contributed by atoms with Crippen molar-refractivity contribution in [2.24, 2.45) is 16.5 Å². The Bertz CT molecular complexity index is 1200. The molecule has 3 rings (SSSR count). The molecule has 1 atom stereocenters. The standard InChI is InChI=1S/C22H25N5O4.C2HF3O2/c23-22(24)26-16-8-5-14(6-9-16)12-25-19(28)13-27-18-4-2-1-3-17(18)15(11-21(30)31)7-10-20(27)29;3-2(4,5)1(6)7/h1-6,8-9,15H,7,10-13H2,(H,25,28)(H,30,31)(H4,23,24,26);(H,6,7). The number of hydrogen-bond donors (Lipinski definition) is 5. The van der Waals surface area contributed by atoms with Gasteiger partial charge in [-0.1, -0.05) is 30.3 Å². The number of guanidine groups is 1. The lowest BCUT2D eigenvalue weighted by Gasteiger charge is -2.23. The minimum absolute atomic E-state index is 0.0333. The van der Waals surface area contributed by atoms with Crippen LogP contribution in [-0.2, 0) is 25.7 Å². The summed E-state index contributed by atoms with van der Waals surface area (Å²) in [5.41, 5.74) is 13.5. The lowest BCUT2D eigenvalue weighted by molar-refractivity contribution is -0.192. The topological polar surface area (TPSA) is 188 Å². The van der Waals surface area contributed by atoms with Crippen molar-refractivity contribution < 1.29 is 42.6 Å². The van der Waals surface area contributed by atoms with Gasteiger partial charge in [0.25, 0.3) is 0 Å². The molecule has 2 aromatic rings. The second-order valence-corrected chi connectivity index (χ2v) is 8.15. The number of hydrogen-bond acceptors (Lipinski definition) is 5. The Balaban J connectivity index is 0.000000638. The van der Waals surface area contributed by atoms with Gasteiger partial charge >= 0.3 is 18.1 Å². The third-order valence-corrected chi connectivity index (χ3v) is 5.32. The molecule has 204 valence electrons. The van der Waals surface area contributed by atoms with Gasteiger partial charge in [-0.25, -0.2) is 9.79 Å². The lowest BCUT2D eigenvalue weighted by atomic mass is 9.91. The molecule has 0 fully saturated rings. The van der Waals surface area contributed by atoms with Gasteiger partial charge in [-0.15, -0.1) is 0 Å². The molecule has 1 heterocycles. The zero-order valence-corrected chi connectivity index (χ0v) is 19.9. The number of aliphatic imine (C=N–C) groups is 1. The van der Waals surface area contributed by atoms with E-state index in [2.05, 4.69) is 10.3 Å². The third-order valence-electron chi connectivity index (χ3n) is 5.32.